The second kappa shape index (κ2) is 5.99. The standard InChI is InChI=1S/C20H26N4/c1-2-6-16(5-1)23-11-9-15-10-12-24(19(15)13-23)20-17-7-3-4-8-18(17)21-14-22-20/h3-4,7-8,14-16,19H,1-2,5-6,9-13H2. The van der Waals surface area contributed by atoms with Gasteiger partial charge in [-0.25, -0.2) is 9.97 Å². The Morgan fingerprint density at radius 1 is 0.917 bits per heavy atom. The molecule has 126 valence electrons. The molecule has 4 nitrogen and oxygen atoms in total. The first-order chi connectivity index (χ1) is 11.9. The quantitative estimate of drug-likeness (QED) is 0.847. The van der Waals surface area contributed by atoms with Crippen LogP contribution in [0.1, 0.15) is 38.5 Å². The van der Waals surface area contributed by atoms with Crippen LogP contribution in [0.5, 0.6) is 0 Å². The van der Waals surface area contributed by atoms with Gasteiger partial charge in [-0.05, 0) is 50.3 Å². The van der Waals surface area contributed by atoms with E-state index in [-0.39, 0.29) is 0 Å². The van der Waals surface area contributed by atoms with Crippen molar-refractivity contribution >= 4 is 16.7 Å². The number of hydrogen-bond acceptors (Lipinski definition) is 4. The molecule has 2 aromatic rings. The third-order valence-electron chi connectivity index (χ3n) is 6.53. The minimum Gasteiger partial charge on any atom is -0.351 e. The average molecular weight is 322 g/mol. The summed E-state index contributed by atoms with van der Waals surface area (Å²) in [5.74, 6) is 2.00. The number of likely N-dealkylation sites (tertiary alicyclic amines) is 1. The van der Waals surface area contributed by atoms with Crippen LogP contribution in [0.25, 0.3) is 10.9 Å². The molecule has 2 saturated heterocycles. The molecule has 3 heterocycles. The lowest BCUT2D eigenvalue weighted by Gasteiger charge is -2.41. The Bertz CT molecular complexity index is 719. The largest absolute Gasteiger partial charge is 0.351 e. The Labute approximate surface area is 143 Å². The van der Waals surface area contributed by atoms with E-state index in [9.17, 15) is 0 Å². The third kappa shape index (κ3) is 2.39. The van der Waals surface area contributed by atoms with Crippen molar-refractivity contribution in [1.82, 2.24) is 14.9 Å². The Morgan fingerprint density at radius 2 is 1.75 bits per heavy atom. The summed E-state index contributed by atoms with van der Waals surface area (Å²) in [4.78, 5) is 14.5. The van der Waals surface area contributed by atoms with E-state index in [0.29, 0.717) is 6.04 Å². The summed E-state index contributed by atoms with van der Waals surface area (Å²) in [7, 11) is 0. The topological polar surface area (TPSA) is 32.3 Å². The summed E-state index contributed by atoms with van der Waals surface area (Å²) < 4.78 is 0. The van der Waals surface area contributed by atoms with Gasteiger partial charge in [-0.2, -0.15) is 0 Å². The molecule has 2 aliphatic heterocycles. The highest BCUT2D eigenvalue weighted by Crippen LogP contribution is 2.38. The molecule has 0 amide bonds. The number of para-hydroxylation sites is 1. The second-order valence-corrected chi connectivity index (χ2v) is 7.75. The third-order valence-corrected chi connectivity index (χ3v) is 6.53. The zero-order chi connectivity index (χ0) is 15.9. The lowest BCUT2D eigenvalue weighted by atomic mass is 9.91. The van der Waals surface area contributed by atoms with Gasteiger partial charge in [0.15, 0.2) is 0 Å². The predicted molar refractivity (Wildman–Crippen MR) is 97.2 cm³/mol. The van der Waals surface area contributed by atoms with E-state index >= 15 is 0 Å². The zero-order valence-electron chi connectivity index (χ0n) is 14.3. The van der Waals surface area contributed by atoms with Crippen molar-refractivity contribution in [2.45, 2.75) is 50.6 Å². The minimum absolute atomic E-state index is 0.637. The van der Waals surface area contributed by atoms with Gasteiger partial charge < -0.3 is 4.90 Å². The maximum Gasteiger partial charge on any atom is 0.140 e. The van der Waals surface area contributed by atoms with E-state index in [4.69, 9.17) is 4.98 Å². The first-order valence-electron chi connectivity index (χ1n) is 9.60. The van der Waals surface area contributed by atoms with E-state index < -0.39 is 0 Å². The molecule has 1 aromatic heterocycles. The first kappa shape index (κ1) is 14.6. The molecule has 0 bridgehead atoms. The van der Waals surface area contributed by atoms with Crippen LogP contribution in [-0.4, -0.2) is 46.6 Å². The monoisotopic (exact) mass is 322 g/mol. The van der Waals surface area contributed by atoms with Crippen molar-refractivity contribution in [3.8, 4) is 0 Å². The van der Waals surface area contributed by atoms with Crippen molar-refractivity contribution in [3.05, 3.63) is 30.6 Å². The highest BCUT2D eigenvalue weighted by molar-refractivity contribution is 5.89. The van der Waals surface area contributed by atoms with Crippen LogP contribution in [0.2, 0.25) is 0 Å². The van der Waals surface area contributed by atoms with Crippen molar-refractivity contribution in [3.63, 3.8) is 0 Å². The molecule has 0 N–H and O–H groups in total. The Hall–Kier alpha value is -1.68. The van der Waals surface area contributed by atoms with Gasteiger partial charge in [-0.3, -0.25) is 4.90 Å². The molecular weight excluding hydrogens is 296 g/mol. The zero-order valence-corrected chi connectivity index (χ0v) is 14.3. The molecule has 2 unspecified atom stereocenters. The minimum atomic E-state index is 0.637. The van der Waals surface area contributed by atoms with Crippen LogP contribution in [-0.2, 0) is 0 Å². The molecule has 1 saturated carbocycles. The molecule has 24 heavy (non-hydrogen) atoms. The van der Waals surface area contributed by atoms with E-state index in [1.807, 2.05) is 0 Å². The summed E-state index contributed by atoms with van der Waals surface area (Å²) in [5, 5.41) is 1.21. The molecule has 4 heteroatoms. The van der Waals surface area contributed by atoms with Gasteiger partial charge in [0.1, 0.15) is 12.1 Å². The van der Waals surface area contributed by atoms with Crippen LogP contribution in [0, 0.1) is 5.92 Å². The highest BCUT2D eigenvalue weighted by Gasteiger charge is 2.41. The molecule has 3 fully saturated rings. The number of hydrogen-bond donors (Lipinski definition) is 0. The van der Waals surface area contributed by atoms with Gasteiger partial charge in [0, 0.05) is 30.6 Å². The fourth-order valence-electron chi connectivity index (χ4n) is 5.25. The molecule has 1 aromatic carbocycles. The fraction of sp³-hybridized carbons (Fsp3) is 0.600. The van der Waals surface area contributed by atoms with E-state index in [1.54, 1.807) is 6.33 Å². The predicted octanol–water partition coefficient (Wildman–Crippen LogP) is 3.47. The van der Waals surface area contributed by atoms with Gasteiger partial charge in [0.05, 0.1) is 5.52 Å². The van der Waals surface area contributed by atoms with Crippen molar-refractivity contribution < 1.29 is 0 Å². The Balaban J connectivity index is 1.45. The van der Waals surface area contributed by atoms with E-state index in [2.05, 4.69) is 39.0 Å². The number of benzene rings is 1. The summed E-state index contributed by atoms with van der Waals surface area (Å²) in [6.07, 6.45) is 10.1. The summed E-state index contributed by atoms with van der Waals surface area (Å²) >= 11 is 0. The summed E-state index contributed by atoms with van der Waals surface area (Å²) in [6.45, 7) is 3.69. The Morgan fingerprint density at radius 3 is 2.67 bits per heavy atom. The van der Waals surface area contributed by atoms with Crippen molar-refractivity contribution in [1.29, 1.82) is 0 Å². The van der Waals surface area contributed by atoms with Crippen LogP contribution < -0.4 is 4.90 Å². The van der Waals surface area contributed by atoms with E-state index in [0.717, 1.165) is 29.8 Å². The molecular formula is C20H26N4. The Kier molecular flexibility index (Phi) is 3.66. The highest BCUT2D eigenvalue weighted by atomic mass is 15.3. The summed E-state index contributed by atoms with van der Waals surface area (Å²) in [5.41, 5.74) is 1.06. The van der Waals surface area contributed by atoms with Crippen molar-refractivity contribution in [2.75, 3.05) is 24.5 Å². The molecule has 0 radical (unpaired) electrons. The molecule has 5 rings (SSSR count). The number of rotatable bonds is 2. The van der Waals surface area contributed by atoms with Crippen LogP contribution >= 0.6 is 0 Å². The molecule has 2 atom stereocenters. The SMILES string of the molecule is c1ccc2c(N3CCC4CCN(C5CCCC5)CC43)ncnc2c1. The van der Waals surface area contributed by atoms with Crippen LogP contribution in [0.4, 0.5) is 5.82 Å². The number of anilines is 1. The average Bonchev–Trinajstić information content (AvgIpc) is 3.30. The lowest BCUT2D eigenvalue weighted by Crippen LogP contribution is -2.51. The van der Waals surface area contributed by atoms with Crippen molar-refractivity contribution in [2.24, 2.45) is 5.92 Å². The number of aromatic nitrogens is 2. The second-order valence-electron chi connectivity index (χ2n) is 7.75. The molecule has 0 spiro atoms. The number of fused-ring (bicyclic) bond motifs is 2. The number of piperidine rings is 1. The normalized spacial score (nSPS) is 28.6. The first-order valence-corrected chi connectivity index (χ1v) is 9.60. The molecule has 3 aliphatic rings. The van der Waals surface area contributed by atoms with Gasteiger partial charge in [0.25, 0.3) is 0 Å². The van der Waals surface area contributed by atoms with Crippen LogP contribution in [0.3, 0.4) is 0 Å². The van der Waals surface area contributed by atoms with Gasteiger partial charge in [-0.15, -0.1) is 0 Å². The van der Waals surface area contributed by atoms with Crippen LogP contribution in [0.15, 0.2) is 30.6 Å². The smallest absolute Gasteiger partial charge is 0.140 e. The van der Waals surface area contributed by atoms with Gasteiger partial charge in [-0.1, -0.05) is 25.0 Å². The van der Waals surface area contributed by atoms with Gasteiger partial charge in [0.2, 0.25) is 0 Å². The lowest BCUT2D eigenvalue weighted by molar-refractivity contribution is 0.126. The number of nitrogens with zero attached hydrogens (tertiary/aromatic N) is 4. The fourth-order valence-corrected chi connectivity index (χ4v) is 5.25. The van der Waals surface area contributed by atoms with E-state index in [1.165, 1.54) is 57.0 Å². The maximum absolute atomic E-state index is 4.70. The van der Waals surface area contributed by atoms with Gasteiger partial charge >= 0.3 is 0 Å². The summed E-state index contributed by atoms with van der Waals surface area (Å²) in [6, 6.07) is 9.92. The molecule has 1 aliphatic carbocycles. The maximum atomic E-state index is 4.70.